The molecule has 38 heavy (non-hydrogen) atoms. The average molecular weight is 580 g/mol. The Kier molecular flexibility index (Phi) is 10.5. The SMILES string of the molecule is COc1ccc2nccc([C@@H](F)CCC3CCN(CCSc4cccc(Cl)c4Cl)CC3CCC(=O)O)c2c1. The molecule has 2 heterocycles. The van der Waals surface area contributed by atoms with Crippen molar-refractivity contribution in [3.63, 3.8) is 0 Å². The Bertz CT molecular complexity index is 1250. The number of benzene rings is 2. The Morgan fingerprint density at radius 2 is 2.08 bits per heavy atom. The number of piperidine rings is 1. The Balaban J connectivity index is 1.36. The fourth-order valence-corrected chi connectivity index (χ4v) is 6.82. The Morgan fingerprint density at radius 3 is 2.87 bits per heavy atom. The molecule has 5 nitrogen and oxygen atoms in total. The quantitative estimate of drug-likeness (QED) is 0.220. The number of carboxylic acids is 1. The minimum Gasteiger partial charge on any atom is -0.497 e. The number of carboxylic acid groups (broad SMARTS) is 1. The zero-order chi connectivity index (χ0) is 27.1. The van der Waals surface area contributed by atoms with Gasteiger partial charge in [-0.3, -0.25) is 9.78 Å². The lowest BCUT2D eigenvalue weighted by atomic mass is 9.79. The van der Waals surface area contributed by atoms with Crippen molar-refractivity contribution in [2.24, 2.45) is 11.8 Å². The number of rotatable bonds is 12. The van der Waals surface area contributed by atoms with E-state index in [1.165, 1.54) is 0 Å². The molecule has 2 aromatic carbocycles. The van der Waals surface area contributed by atoms with E-state index in [0.29, 0.717) is 40.1 Å². The molecule has 1 fully saturated rings. The number of hydrogen-bond acceptors (Lipinski definition) is 5. The number of hydrogen-bond donors (Lipinski definition) is 1. The third-order valence-electron chi connectivity index (χ3n) is 7.40. The van der Waals surface area contributed by atoms with Crippen LogP contribution in [0.1, 0.15) is 43.8 Å². The van der Waals surface area contributed by atoms with Gasteiger partial charge >= 0.3 is 5.97 Å². The van der Waals surface area contributed by atoms with Gasteiger partial charge in [0.05, 0.1) is 22.7 Å². The van der Waals surface area contributed by atoms with Crippen LogP contribution in [0, 0.1) is 11.8 Å². The van der Waals surface area contributed by atoms with Gasteiger partial charge in [0.1, 0.15) is 11.9 Å². The molecule has 204 valence electrons. The molecule has 0 spiro atoms. The molecule has 0 aliphatic carbocycles. The predicted molar refractivity (Wildman–Crippen MR) is 153 cm³/mol. The minimum atomic E-state index is -1.12. The van der Waals surface area contributed by atoms with E-state index in [2.05, 4.69) is 9.88 Å². The van der Waals surface area contributed by atoms with Crippen molar-refractivity contribution < 1.29 is 19.0 Å². The molecule has 3 aromatic rings. The van der Waals surface area contributed by atoms with E-state index in [0.717, 1.165) is 54.0 Å². The van der Waals surface area contributed by atoms with Gasteiger partial charge in [0.25, 0.3) is 0 Å². The summed E-state index contributed by atoms with van der Waals surface area (Å²) in [6.45, 7) is 2.62. The first-order valence-electron chi connectivity index (χ1n) is 12.9. The second-order valence-electron chi connectivity index (χ2n) is 9.77. The predicted octanol–water partition coefficient (Wildman–Crippen LogP) is 7.94. The third-order valence-corrected chi connectivity index (χ3v) is 9.37. The highest BCUT2D eigenvalue weighted by atomic mass is 35.5. The van der Waals surface area contributed by atoms with Gasteiger partial charge in [-0.15, -0.1) is 11.8 Å². The molecule has 0 radical (unpaired) electrons. The van der Waals surface area contributed by atoms with Crippen LogP contribution >= 0.6 is 35.0 Å². The van der Waals surface area contributed by atoms with Crippen molar-refractivity contribution in [3.8, 4) is 5.75 Å². The lowest BCUT2D eigenvalue weighted by Gasteiger charge is -2.39. The fraction of sp³-hybridized carbons (Fsp3) is 0.448. The summed E-state index contributed by atoms with van der Waals surface area (Å²) in [6.07, 6.45) is 3.33. The standard InChI is InChI=1S/C29H33Cl2FN2O3S/c1-37-21-7-9-26-23(17-21)22(11-13-33-26)25(32)8-5-19-12-14-34(18-20(19)6-10-28(35)36)15-16-38-27-4-2-3-24(30)29(27)31/h2-4,7,9,11,13,17,19-20,25H,5-6,8,10,12,14-16,18H2,1H3,(H,35,36)/t19?,20?,25-/m0/s1. The molecular formula is C29H33Cl2FN2O3S. The van der Waals surface area contributed by atoms with Crippen LogP contribution < -0.4 is 4.74 Å². The number of nitrogens with zero attached hydrogens (tertiary/aromatic N) is 2. The molecule has 1 aliphatic rings. The van der Waals surface area contributed by atoms with E-state index < -0.39 is 12.1 Å². The van der Waals surface area contributed by atoms with Crippen LogP contribution in [0.25, 0.3) is 10.9 Å². The number of carbonyl (C=O) groups is 1. The van der Waals surface area contributed by atoms with E-state index in [4.69, 9.17) is 27.9 Å². The second-order valence-corrected chi connectivity index (χ2v) is 11.7. The van der Waals surface area contributed by atoms with Gasteiger partial charge in [0.15, 0.2) is 0 Å². The Hall–Kier alpha value is -2.06. The van der Waals surface area contributed by atoms with Gasteiger partial charge in [-0.25, -0.2) is 4.39 Å². The first-order valence-corrected chi connectivity index (χ1v) is 14.7. The Labute approximate surface area is 237 Å². The lowest BCUT2D eigenvalue weighted by molar-refractivity contribution is -0.137. The summed E-state index contributed by atoms with van der Waals surface area (Å²) in [6, 6.07) is 12.9. The number of aliphatic carboxylic acids is 1. The summed E-state index contributed by atoms with van der Waals surface area (Å²) < 4.78 is 20.9. The number of pyridine rings is 1. The number of likely N-dealkylation sites (tertiary alicyclic amines) is 1. The first-order chi connectivity index (χ1) is 18.4. The summed E-state index contributed by atoms with van der Waals surface area (Å²) in [7, 11) is 1.60. The molecule has 9 heteroatoms. The zero-order valence-electron chi connectivity index (χ0n) is 21.4. The highest BCUT2D eigenvalue weighted by molar-refractivity contribution is 7.99. The van der Waals surface area contributed by atoms with Crippen molar-refractivity contribution in [2.45, 2.75) is 43.2 Å². The molecule has 1 N–H and O–H groups in total. The summed E-state index contributed by atoms with van der Waals surface area (Å²) in [5.41, 5.74) is 1.38. The van der Waals surface area contributed by atoms with Crippen LogP contribution in [0.3, 0.4) is 0 Å². The number of ether oxygens (including phenoxy) is 1. The monoisotopic (exact) mass is 578 g/mol. The molecule has 1 aromatic heterocycles. The molecule has 1 aliphatic heterocycles. The van der Waals surface area contributed by atoms with Gasteiger partial charge < -0.3 is 14.7 Å². The van der Waals surface area contributed by atoms with Crippen LogP contribution in [0.4, 0.5) is 4.39 Å². The van der Waals surface area contributed by atoms with Crippen LogP contribution in [-0.4, -0.2) is 53.5 Å². The number of methoxy groups -OCH3 is 1. The normalized spacial score (nSPS) is 18.9. The van der Waals surface area contributed by atoms with E-state index in [9.17, 15) is 9.90 Å². The molecule has 4 rings (SSSR count). The molecule has 0 bridgehead atoms. The highest BCUT2D eigenvalue weighted by Gasteiger charge is 2.30. The first kappa shape index (κ1) is 28.9. The van der Waals surface area contributed by atoms with E-state index >= 15 is 4.39 Å². The number of halogens is 3. The fourth-order valence-electron chi connectivity index (χ4n) is 5.32. The van der Waals surface area contributed by atoms with Gasteiger partial charge in [0.2, 0.25) is 0 Å². The molecule has 0 saturated carbocycles. The smallest absolute Gasteiger partial charge is 0.303 e. The second kappa shape index (κ2) is 13.8. The number of thioether (sulfide) groups is 1. The van der Waals surface area contributed by atoms with Gasteiger partial charge in [-0.1, -0.05) is 29.3 Å². The number of fused-ring (bicyclic) bond motifs is 1. The van der Waals surface area contributed by atoms with Crippen molar-refractivity contribution in [1.29, 1.82) is 0 Å². The Morgan fingerprint density at radius 1 is 1.24 bits per heavy atom. The lowest BCUT2D eigenvalue weighted by Crippen LogP contribution is -2.41. The molecule has 2 unspecified atom stereocenters. The van der Waals surface area contributed by atoms with E-state index in [-0.39, 0.29) is 12.3 Å². The largest absolute Gasteiger partial charge is 0.497 e. The summed E-state index contributed by atoms with van der Waals surface area (Å²) in [4.78, 5) is 19.1. The van der Waals surface area contributed by atoms with Crippen LogP contribution in [0.15, 0.2) is 53.6 Å². The van der Waals surface area contributed by atoms with E-state index in [1.807, 2.05) is 30.3 Å². The molecule has 1 saturated heterocycles. The van der Waals surface area contributed by atoms with Gasteiger partial charge in [-0.2, -0.15) is 0 Å². The molecular weight excluding hydrogens is 546 g/mol. The highest BCUT2D eigenvalue weighted by Crippen LogP contribution is 2.37. The van der Waals surface area contributed by atoms with Gasteiger partial charge in [-0.05, 0) is 86.0 Å². The zero-order valence-corrected chi connectivity index (χ0v) is 23.7. The van der Waals surface area contributed by atoms with Crippen LogP contribution in [-0.2, 0) is 4.79 Å². The molecule has 3 atom stereocenters. The maximum absolute atomic E-state index is 15.6. The van der Waals surface area contributed by atoms with E-state index in [1.54, 1.807) is 37.2 Å². The van der Waals surface area contributed by atoms with Crippen molar-refractivity contribution in [2.75, 3.05) is 32.5 Å². The van der Waals surface area contributed by atoms with Crippen LogP contribution in [0.2, 0.25) is 10.0 Å². The number of alkyl halides is 1. The average Bonchev–Trinajstić information content (AvgIpc) is 2.92. The van der Waals surface area contributed by atoms with Crippen molar-refractivity contribution in [1.82, 2.24) is 9.88 Å². The van der Waals surface area contributed by atoms with Crippen molar-refractivity contribution >= 4 is 51.8 Å². The minimum absolute atomic E-state index is 0.135. The molecule has 0 amide bonds. The van der Waals surface area contributed by atoms with Crippen LogP contribution in [0.5, 0.6) is 5.75 Å². The van der Waals surface area contributed by atoms with Crippen molar-refractivity contribution in [3.05, 3.63) is 64.3 Å². The third kappa shape index (κ3) is 7.53. The van der Waals surface area contributed by atoms with Gasteiger partial charge in [0, 0.05) is 41.7 Å². The summed E-state index contributed by atoms with van der Waals surface area (Å²) >= 11 is 14.1. The summed E-state index contributed by atoms with van der Waals surface area (Å²) in [5, 5.41) is 11.2. The maximum Gasteiger partial charge on any atom is 0.303 e. The topological polar surface area (TPSA) is 62.7 Å². The number of aromatic nitrogens is 1. The maximum atomic E-state index is 15.6. The summed E-state index contributed by atoms with van der Waals surface area (Å²) in [5.74, 6) is 1.27.